The van der Waals surface area contributed by atoms with E-state index < -0.39 is 33.4 Å². The maximum Gasteiger partial charge on any atom is 0.271 e. The number of benzene rings is 3. The number of amides is 2. The van der Waals surface area contributed by atoms with Crippen LogP contribution in [0.25, 0.3) is 0 Å². The Morgan fingerprint density at radius 1 is 1.00 bits per heavy atom. The second-order valence-corrected chi connectivity index (χ2v) is 13.1. The molecular weight excluding hydrogens is 624 g/mol. The maximum atomic E-state index is 14.0. The molecule has 222 valence electrons. The Labute approximate surface area is 254 Å². The van der Waals surface area contributed by atoms with Crippen LogP contribution in [-0.4, -0.2) is 48.7 Å². The predicted octanol–water partition coefficient (Wildman–Crippen LogP) is 5.42. The highest BCUT2D eigenvalue weighted by molar-refractivity contribution is 9.10. The molecule has 2 amide bonds. The quantitative estimate of drug-likeness (QED) is 0.217. The summed E-state index contributed by atoms with van der Waals surface area (Å²) < 4.78 is 29.3. The van der Waals surface area contributed by atoms with Gasteiger partial charge in [-0.2, -0.15) is 0 Å². The fourth-order valence-corrected chi connectivity index (χ4v) is 6.87. The Bertz CT molecular complexity index is 1530. The van der Waals surface area contributed by atoms with Gasteiger partial charge in [-0.3, -0.25) is 24.0 Å². The van der Waals surface area contributed by atoms with Crippen LogP contribution < -0.4 is 9.62 Å². The van der Waals surface area contributed by atoms with Crippen molar-refractivity contribution in [3.8, 4) is 0 Å². The van der Waals surface area contributed by atoms with Crippen molar-refractivity contribution in [1.82, 2.24) is 10.2 Å². The molecule has 1 saturated carbocycles. The van der Waals surface area contributed by atoms with Crippen LogP contribution in [-0.2, 0) is 26.2 Å². The molecule has 1 aliphatic rings. The van der Waals surface area contributed by atoms with E-state index >= 15 is 0 Å². The zero-order valence-corrected chi connectivity index (χ0v) is 25.6. The molecule has 0 radical (unpaired) electrons. The van der Waals surface area contributed by atoms with Crippen molar-refractivity contribution in [2.24, 2.45) is 0 Å². The van der Waals surface area contributed by atoms with E-state index in [2.05, 4.69) is 21.2 Å². The van der Waals surface area contributed by atoms with Gasteiger partial charge in [0.05, 0.1) is 15.5 Å². The molecule has 0 unspecified atom stereocenters. The number of nitrogens with one attached hydrogen (secondary N) is 1. The topological polar surface area (TPSA) is 130 Å². The third-order valence-electron chi connectivity index (χ3n) is 7.30. The van der Waals surface area contributed by atoms with Crippen molar-refractivity contribution < 1.29 is 22.9 Å². The summed E-state index contributed by atoms with van der Waals surface area (Å²) in [6.45, 7) is 0.997. The van der Waals surface area contributed by atoms with Gasteiger partial charge >= 0.3 is 0 Å². The molecule has 12 heteroatoms. The molecule has 0 aromatic heterocycles. The number of hydrogen-bond acceptors (Lipinski definition) is 6. The van der Waals surface area contributed by atoms with E-state index in [0.717, 1.165) is 52.5 Å². The Morgan fingerprint density at radius 3 is 2.36 bits per heavy atom. The molecule has 1 fully saturated rings. The van der Waals surface area contributed by atoms with Crippen molar-refractivity contribution in [1.29, 1.82) is 0 Å². The van der Waals surface area contributed by atoms with Gasteiger partial charge in [0.2, 0.25) is 11.8 Å². The molecule has 0 saturated heterocycles. The average Bonchev–Trinajstić information content (AvgIpc) is 2.99. The van der Waals surface area contributed by atoms with Crippen LogP contribution in [0, 0.1) is 10.1 Å². The largest absolute Gasteiger partial charge is 0.352 e. The highest BCUT2D eigenvalue weighted by Crippen LogP contribution is 2.28. The SMILES string of the molecule is C[C@H](C(=O)NC1CCCCC1)N(Cc1cccc(Br)c1)C(=O)CN(c1cccc([N+](=O)[O-])c1)S(=O)(=O)c1ccccc1. The molecule has 0 aliphatic heterocycles. The number of nitro groups is 1. The van der Waals surface area contributed by atoms with Gasteiger partial charge in [-0.05, 0) is 55.7 Å². The number of carbonyl (C=O) groups is 2. The highest BCUT2D eigenvalue weighted by Gasteiger charge is 2.33. The van der Waals surface area contributed by atoms with E-state index in [1.807, 2.05) is 24.3 Å². The number of non-ortho nitro benzene ring substituents is 1. The molecule has 3 aromatic carbocycles. The minimum atomic E-state index is -4.32. The van der Waals surface area contributed by atoms with E-state index in [0.29, 0.717) is 0 Å². The van der Waals surface area contributed by atoms with E-state index in [4.69, 9.17) is 0 Å². The Morgan fingerprint density at radius 2 is 1.69 bits per heavy atom. The molecule has 1 atom stereocenters. The standard InChI is InChI=1S/C30H33BrN4O6S/c1-22(30(37)32-25-12-4-2-5-13-25)33(20-23-10-8-11-24(31)18-23)29(36)21-34(26-14-9-15-27(19-26)35(38)39)42(40,41)28-16-6-3-7-17-28/h3,6-11,14-19,22,25H,2,4-5,12-13,20-21H2,1H3,(H,32,37)/t22-/m1/s1. The summed E-state index contributed by atoms with van der Waals surface area (Å²) in [5, 5.41) is 14.6. The normalized spacial score (nSPS) is 14.5. The second kappa shape index (κ2) is 13.9. The average molecular weight is 658 g/mol. The first-order chi connectivity index (χ1) is 20.1. The number of rotatable bonds is 11. The molecule has 4 rings (SSSR count). The first-order valence-corrected chi connectivity index (χ1v) is 16.0. The van der Waals surface area contributed by atoms with Crippen LogP contribution in [0.1, 0.15) is 44.6 Å². The summed E-state index contributed by atoms with van der Waals surface area (Å²) in [6, 6.07) is 19.1. The predicted molar refractivity (Wildman–Crippen MR) is 163 cm³/mol. The van der Waals surface area contributed by atoms with Gasteiger partial charge in [0, 0.05) is 29.2 Å². The molecule has 3 aromatic rings. The number of carbonyl (C=O) groups excluding carboxylic acids is 2. The smallest absolute Gasteiger partial charge is 0.271 e. The van der Waals surface area contributed by atoms with E-state index in [1.54, 1.807) is 25.1 Å². The van der Waals surface area contributed by atoms with Crippen LogP contribution >= 0.6 is 15.9 Å². The lowest BCUT2D eigenvalue weighted by atomic mass is 9.95. The fraction of sp³-hybridized carbons (Fsp3) is 0.333. The molecule has 10 nitrogen and oxygen atoms in total. The van der Waals surface area contributed by atoms with E-state index in [9.17, 15) is 28.1 Å². The summed E-state index contributed by atoms with van der Waals surface area (Å²) in [5.74, 6) is -0.953. The molecule has 0 heterocycles. The number of anilines is 1. The summed E-state index contributed by atoms with van der Waals surface area (Å²) >= 11 is 3.44. The summed E-state index contributed by atoms with van der Waals surface area (Å²) in [4.78, 5) is 39.6. The van der Waals surface area contributed by atoms with Gasteiger partial charge < -0.3 is 10.2 Å². The molecular formula is C30H33BrN4O6S. The lowest BCUT2D eigenvalue weighted by Gasteiger charge is -2.33. The van der Waals surface area contributed by atoms with Crippen molar-refractivity contribution in [2.75, 3.05) is 10.8 Å². The zero-order chi connectivity index (χ0) is 30.3. The van der Waals surface area contributed by atoms with E-state index in [1.165, 1.54) is 35.2 Å². The van der Waals surface area contributed by atoms with Crippen molar-refractivity contribution in [3.05, 3.63) is 99.0 Å². The molecule has 1 aliphatic carbocycles. The number of sulfonamides is 1. The molecule has 1 N–H and O–H groups in total. The minimum Gasteiger partial charge on any atom is -0.352 e. The van der Waals surface area contributed by atoms with Crippen LogP contribution in [0.15, 0.2) is 88.2 Å². The van der Waals surface area contributed by atoms with Crippen molar-refractivity contribution in [3.63, 3.8) is 0 Å². The van der Waals surface area contributed by atoms with Crippen LogP contribution in [0.4, 0.5) is 11.4 Å². The molecule has 0 spiro atoms. The lowest BCUT2D eigenvalue weighted by Crippen LogP contribution is -2.53. The molecule has 42 heavy (non-hydrogen) atoms. The first kappa shape index (κ1) is 31.2. The van der Waals surface area contributed by atoms with Gasteiger partial charge in [-0.15, -0.1) is 0 Å². The Hall–Kier alpha value is -3.77. The van der Waals surface area contributed by atoms with E-state index in [-0.39, 0.29) is 34.8 Å². The Balaban J connectivity index is 1.70. The number of nitrogens with zero attached hydrogens (tertiary/aromatic N) is 3. The highest BCUT2D eigenvalue weighted by atomic mass is 79.9. The number of nitro benzene ring substituents is 1. The summed E-state index contributed by atoms with van der Waals surface area (Å²) in [6.07, 6.45) is 4.91. The third-order valence-corrected chi connectivity index (χ3v) is 9.58. The fourth-order valence-electron chi connectivity index (χ4n) is 4.99. The molecule has 0 bridgehead atoms. The lowest BCUT2D eigenvalue weighted by molar-refractivity contribution is -0.384. The van der Waals surface area contributed by atoms with Gasteiger partial charge in [-0.1, -0.05) is 71.6 Å². The van der Waals surface area contributed by atoms with Crippen molar-refractivity contribution in [2.45, 2.75) is 62.6 Å². The minimum absolute atomic E-state index is 0.0244. The van der Waals surface area contributed by atoms with Crippen LogP contribution in [0.2, 0.25) is 0 Å². The van der Waals surface area contributed by atoms with Gasteiger partial charge in [0.1, 0.15) is 12.6 Å². The monoisotopic (exact) mass is 656 g/mol. The van der Waals surface area contributed by atoms with Gasteiger partial charge in [-0.25, -0.2) is 8.42 Å². The Kier molecular flexibility index (Phi) is 10.3. The van der Waals surface area contributed by atoms with Crippen LogP contribution in [0.5, 0.6) is 0 Å². The number of hydrogen-bond donors (Lipinski definition) is 1. The van der Waals surface area contributed by atoms with Gasteiger partial charge in [0.15, 0.2) is 0 Å². The summed E-state index contributed by atoms with van der Waals surface area (Å²) in [5.41, 5.74) is 0.380. The van der Waals surface area contributed by atoms with Crippen LogP contribution in [0.3, 0.4) is 0 Å². The zero-order valence-electron chi connectivity index (χ0n) is 23.2. The number of halogens is 1. The summed E-state index contributed by atoms with van der Waals surface area (Å²) in [7, 11) is -4.32. The van der Waals surface area contributed by atoms with Gasteiger partial charge in [0.25, 0.3) is 15.7 Å². The third kappa shape index (κ3) is 7.74. The first-order valence-electron chi connectivity index (χ1n) is 13.7. The second-order valence-electron chi connectivity index (χ2n) is 10.3. The maximum absolute atomic E-state index is 14.0. The van der Waals surface area contributed by atoms with Crippen molar-refractivity contribution >= 4 is 49.1 Å².